The smallest absolute Gasteiger partial charge is 0.0783 e. The summed E-state index contributed by atoms with van der Waals surface area (Å²) in [5.41, 5.74) is 10.7. The van der Waals surface area contributed by atoms with Crippen LogP contribution in [0.15, 0.2) is 140 Å². The second-order valence-corrected chi connectivity index (χ2v) is 11.6. The molecule has 3 heterocycles. The molecule has 3 nitrogen and oxygen atoms in total. The van der Waals surface area contributed by atoms with Crippen molar-refractivity contribution in [1.29, 1.82) is 0 Å². The van der Waals surface area contributed by atoms with E-state index in [0.29, 0.717) is 0 Å². The Morgan fingerprint density at radius 3 is 1.95 bits per heavy atom. The Hall–Kier alpha value is -5.80. The van der Waals surface area contributed by atoms with Gasteiger partial charge >= 0.3 is 0 Å². The highest BCUT2D eigenvalue weighted by atomic mass is 15.0. The van der Waals surface area contributed by atoms with Crippen LogP contribution in [0.5, 0.6) is 0 Å². The quantitative estimate of drug-likeness (QED) is 0.216. The largest absolute Gasteiger partial charge is 0.354 e. The molecule has 0 atom stereocenters. The van der Waals surface area contributed by atoms with E-state index in [0.717, 1.165) is 11.0 Å². The van der Waals surface area contributed by atoms with Crippen LogP contribution in [0.25, 0.3) is 93.0 Å². The number of hydrogen-bond acceptors (Lipinski definition) is 0. The zero-order valence-corrected chi connectivity index (χ0v) is 23.2. The number of fused-ring (bicyclic) bond motifs is 12. The lowest BCUT2D eigenvalue weighted by atomic mass is 10.00. The first-order valence-corrected chi connectivity index (χ1v) is 14.8. The number of rotatable bonds is 2. The van der Waals surface area contributed by atoms with Gasteiger partial charge in [0.2, 0.25) is 0 Å². The van der Waals surface area contributed by atoms with Crippen LogP contribution >= 0.6 is 0 Å². The Morgan fingerprint density at radius 2 is 1.09 bits per heavy atom. The maximum atomic E-state index is 3.85. The third-order valence-electron chi connectivity index (χ3n) is 9.24. The predicted molar refractivity (Wildman–Crippen MR) is 182 cm³/mol. The van der Waals surface area contributed by atoms with E-state index in [1.54, 1.807) is 0 Å². The Morgan fingerprint density at radius 1 is 0.419 bits per heavy atom. The molecule has 200 valence electrons. The van der Waals surface area contributed by atoms with Crippen molar-refractivity contribution in [2.24, 2.45) is 0 Å². The first-order valence-electron chi connectivity index (χ1n) is 14.8. The SMILES string of the molecule is c1ccc(-n2c3ccccc3c3ccc4c5ccc(-c6ccc7c(c6)[nH]c6ccc8ccccc8c67)cc5[nH]c4c32)cc1. The summed E-state index contributed by atoms with van der Waals surface area (Å²) in [6.07, 6.45) is 0. The number of nitrogens with zero attached hydrogens (tertiary/aromatic N) is 1. The molecule has 7 aromatic carbocycles. The average Bonchev–Trinajstić information content (AvgIpc) is 3.74. The van der Waals surface area contributed by atoms with Gasteiger partial charge < -0.3 is 14.5 Å². The van der Waals surface area contributed by atoms with Gasteiger partial charge in [-0.25, -0.2) is 0 Å². The van der Waals surface area contributed by atoms with Gasteiger partial charge in [-0.15, -0.1) is 0 Å². The fraction of sp³-hybridized carbons (Fsp3) is 0. The van der Waals surface area contributed by atoms with E-state index in [9.17, 15) is 0 Å². The molecular weight excluding hydrogens is 522 g/mol. The summed E-state index contributed by atoms with van der Waals surface area (Å²) < 4.78 is 2.40. The minimum atomic E-state index is 1.15. The molecular formula is C40H25N3. The van der Waals surface area contributed by atoms with Crippen molar-refractivity contribution in [3.8, 4) is 16.8 Å². The minimum Gasteiger partial charge on any atom is -0.354 e. The fourth-order valence-corrected chi connectivity index (χ4v) is 7.31. The van der Waals surface area contributed by atoms with Gasteiger partial charge in [-0.3, -0.25) is 0 Å². The second-order valence-electron chi connectivity index (χ2n) is 11.6. The van der Waals surface area contributed by atoms with Crippen molar-refractivity contribution in [3.63, 3.8) is 0 Å². The Kier molecular flexibility index (Phi) is 4.45. The number of aromatic amines is 2. The van der Waals surface area contributed by atoms with Gasteiger partial charge in [0.05, 0.1) is 16.6 Å². The number of para-hydroxylation sites is 2. The third-order valence-corrected chi connectivity index (χ3v) is 9.24. The van der Waals surface area contributed by atoms with Crippen molar-refractivity contribution >= 4 is 76.2 Å². The van der Waals surface area contributed by atoms with Crippen LogP contribution in [0.3, 0.4) is 0 Å². The molecule has 0 unspecified atom stereocenters. The van der Waals surface area contributed by atoms with Gasteiger partial charge in [0.25, 0.3) is 0 Å². The normalized spacial score (nSPS) is 12.2. The molecule has 0 spiro atoms. The van der Waals surface area contributed by atoms with Crippen LogP contribution in [0.1, 0.15) is 0 Å². The Labute approximate surface area is 246 Å². The molecule has 0 aliphatic carbocycles. The summed E-state index contributed by atoms with van der Waals surface area (Å²) in [6.45, 7) is 0. The van der Waals surface area contributed by atoms with Crippen LogP contribution in [-0.2, 0) is 0 Å². The maximum absolute atomic E-state index is 3.85. The Bertz CT molecular complexity index is 2720. The monoisotopic (exact) mass is 547 g/mol. The summed E-state index contributed by atoms with van der Waals surface area (Å²) >= 11 is 0. The van der Waals surface area contributed by atoms with Crippen molar-refractivity contribution in [2.75, 3.05) is 0 Å². The summed E-state index contributed by atoms with van der Waals surface area (Å²) in [4.78, 5) is 7.54. The lowest BCUT2D eigenvalue weighted by molar-refractivity contribution is 1.18. The molecule has 43 heavy (non-hydrogen) atoms. The van der Waals surface area contributed by atoms with E-state index in [1.165, 1.54) is 82.0 Å². The maximum Gasteiger partial charge on any atom is 0.0783 e. The van der Waals surface area contributed by atoms with Crippen molar-refractivity contribution in [3.05, 3.63) is 140 Å². The highest BCUT2D eigenvalue weighted by Gasteiger charge is 2.17. The van der Waals surface area contributed by atoms with Crippen LogP contribution in [0.2, 0.25) is 0 Å². The zero-order valence-electron chi connectivity index (χ0n) is 23.2. The highest BCUT2D eigenvalue weighted by molar-refractivity contribution is 6.23. The van der Waals surface area contributed by atoms with Crippen molar-refractivity contribution in [1.82, 2.24) is 14.5 Å². The molecule has 3 heteroatoms. The van der Waals surface area contributed by atoms with Gasteiger partial charge in [0, 0.05) is 54.6 Å². The molecule has 0 fully saturated rings. The van der Waals surface area contributed by atoms with E-state index >= 15 is 0 Å². The standard InChI is InChI=1S/C40H25N3/c1-2-9-27(10-3-1)43-37-13-7-6-12-30(37)32-20-19-31-29-17-14-25(22-35(29)42-39(31)40(32)43)26-15-18-33-36(23-26)41-34-21-16-24-8-4-5-11-28(24)38(33)34/h1-23,41-42H. The number of aromatic nitrogens is 3. The van der Waals surface area contributed by atoms with Crippen molar-refractivity contribution in [2.45, 2.75) is 0 Å². The fourth-order valence-electron chi connectivity index (χ4n) is 7.31. The van der Waals surface area contributed by atoms with Crippen LogP contribution in [0, 0.1) is 0 Å². The molecule has 0 aliphatic rings. The summed E-state index contributed by atoms with van der Waals surface area (Å²) in [6, 6.07) is 50.6. The van der Waals surface area contributed by atoms with Gasteiger partial charge in [0.1, 0.15) is 0 Å². The topological polar surface area (TPSA) is 36.5 Å². The van der Waals surface area contributed by atoms with E-state index < -0.39 is 0 Å². The predicted octanol–water partition coefficient (Wildman–Crippen LogP) is 10.9. The molecule has 0 bridgehead atoms. The van der Waals surface area contributed by atoms with Gasteiger partial charge in [0.15, 0.2) is 0 Å². The van der Waals surface area contributed by atoms with Crippen LogP contribution in [0.4, 0.5) is 0 Å². The molecule has 0 amide bonds. The molecule has 10 aromatic rings. The summed E-state index contributed by atoms with van der Waals surface area (Å²) in [5.74, 6) is 0. The highest BCUT2D eigenvalue weighted by Crippen LogP contribution is 2.40. The van der Waals surface area contributed by atoms with Crippen LogP contribution < -0.4 is 0 Å². The van der Waals surface area contributed by atoms with Crippen LogP contribution in [-0.4, -0.2) is 14.5 Å². The van der Waals surface area contributed by atoms with E-state index in [-0.39, 0.29) is 0 Å². The van der Waals surface area contributed by atoms with E-state index in [2.05, 4.69) is 154 Å². The summed E-state index contributed by atoms with van der Waals surface area (Å²) in [5, 5.41) is 10.1. The zero-order chi connectivity index (χ0) is 28.1. The van der Waals surface area contributed by atoms with Crippen molar-refractivity contribution < 1.29 is 0 Å². The second kappa shape index (κ2) is 8.37. The van der Waals surface area contributed by atoms with Gasteiger partial charge in [-0.1, -0.05) is 103 Å². The molecule has 0 radical (unpaired) electrons. The third kappa shape index (κ3) is 3.14. The average molecular weight is 548 g/mol. The molecule has 0 aliphatic heterocycles. The number of nitrogens with one attached hydrogen (secondary N) is 2. The van der Waals surface area contributed by atoms with E-state index in [1.807, 2.05) is 0 Å². The van der Waals surface area contributed by atoms with E-state index in [4.69, 9.17) is 0 Å². The number of hydrogen-bond donors (Lipinski definition) is 2. The molecule has 2 N–H and O–H groups in total. The molecule has 10 rings (SSSR count). The van der Waals surface area contributed by atoms with Gasteiger partial charge in [-0.2, -0.15) is 0 Å². The Balaban J connectivity index is 1.19. The lowest BCUT2D eigenvalue weighted by Crippen LogP contribution is -1.93. The lowest BCUT2D eigenvalue weighted by Gasteiger charge is -2.08. The number of H-pyrrole nitrogens is 2. The minimum absolute atomic E-state index is 1.15. The van der Waals surface area contributed by atoms with Gasteiger partial charge in [-0.05, 0) is 58.3 Å². The summed E-state index contributed by atoms with van der Waals surface area (Å²) in [7, 11) is 0. The molecule has 0 saturated carbocycles. The molecule has 0 saturated heterocycles. The molecule has 3 aromatic heterocycles. The first kappa shape index (κ1) is 22.8. The number of benzene rings is 7. The first-order chi connectivity index (χ1) is 21.3.